The Kier molecular flexibility index (Phi) is 3.46. The van der Waals surface area contributed by atoms with Crippen LogP contribution >= 0.6 is 0 Å². The maximum Gasteiger partial charge on any atom is 0.169 e. The quantitative estimate of drug-likeness (QED) is 0.908. The number of hydrogen-bond donors (Lipinski definition) is 1. The van der Waals surface area contributed by atoms with E-state index in [2.05, 4.69) is 5.32 Å². The molecule has 0 radical (unpaired) electrons. The molecule has 0 saturated carbocycles. The lowest BCUT2D eigenvalue weighted by atomic mass is 9.81. The molecule has 3 nitrogen and oxygen atoms in total. The first kappa shape index (κ1) is 12.9. The number of benzene rings is 1. The third-order valence-electron chi connectivity index (χ3n) is 4.44. The van der Waals surface area contributed by atoms with Crippen LogP contribution in [0, 0.1) is 11.7 Å². The van der Waals surface area contributed by atoms with Gasteiger partial charge in [0, 0.05) is 17.5 Å². The van der Waals surface area contributed by atoms with E-state index < -0.39 is 0 Å². The molecule has 1 N–H and O–H groups in total. The van der Waals surface area contributed by atoms with Crippen LogP contribution in [0.15, 0.2) is 18.2 Å². The molecule has 3 rings (SSSR count). The predicted octanol–water partition coefficient (Wildman–Crippen LogP) is 2.66. The fourth-order valence-electron chi connectivity index (χ4n) is 3.55. The summed E-state index contributed by atoms with van der Waals surface area (Å²) in [5.41, 5.74) is 0.683. The molecule has 2 aliphatic rings. The van der Waals surface area contributed by atoms with Crippen molar-refractivity contribution >= 4 is 0 Å². The standard InChI is InChI=1S/C15H20FNO2/c1-17-15(11-8-9-6-7-12(11)19-9)10-4-3-5-13(18-2)14(10)16/h3-5,9,11-12,15,17H,6-8H2,1-2H3. The van der Waals surface area contributed by atoms with Gasteiger partial charge in [0.05, 0.1) is 19.3 Å². The van der Waals surface area contributed by atoms with Gasteiger partial charge in [-0.05, 0) is 32.4 Å². The molecule has 19 heavy (non-hydrogen) atoms. The number of ether oxygens (including phenoxy) is 2. The molecule has 4 unspecified atom stereocenters. The average molecular weight is 265 g/mol. The fraction of sp³-hybridized carbons (Fsp3) is 0.600. The topological polar surface area (TPSA) is 30.5 Å². The van der Waals surface area contributed by atoms with E-state index in [0.29, 0.717) is 23.3 Å². The fourth-order valence-corrected chi connectivity index (χ4v) is 3.55. The third-order valence-corrected chi connectivity index (χ3v) is 4.44. The van der Waals surface area contributed by atoms with Crippen LogP contribution in [0.1, 0.15) is 30.9 Å². The molecular weight excluding hydrogens is 245 g/mol. The molecule has 2 aliphatic heterocycles. The van der Waals surface area contributed by atoms with E-state index in [0.717, 1.165) is 19.3 Å². The summed E-state index contributed by atoms with van der Waals surface area (Å²) in [7, 11) is 3.38. The monoisotopic (exact) mass is 265 g/mol. The van der Waals surface area contributed by atoms with Gasteiger partial charge in [-0.25, -0.2) is 4.39 Å². The van der Waals surface area contributed by atoms with Crippen molar-refractivity contribution in [2.75, 3.05) is 14.2 Å². The Morgan fingerprint density at radius 3 is 2.84 bits per heavy atom. The molecule has 2 bridgehead atoms. The first-order chi connectivity index (χ1) is 9.24. The van der Waals surface area contributed by atoms with Crippen LogP contribution in [-0.2, 0) is 4.74 Å². The smallest absolute Gasteiger partial charge is 0.169 e. The Bertz CT molecular complexity index is 465. The largest absolute Gasteiger partial charge is 0.494 e. The molecule has 2 fully saturated rings. The molecule has 104 valence electrons. The van der Waals surface area contributed by atoms with E-state index in [1.807, 2.05) is 19.2 Å². The zero-order valence-corrected chi connectivity index (χ0v) is 11.4. The molecule has 1 aromatic carbocycles. The zero-order chi connectivity index (χ0) is 13.4. The molecule has 4 atom stereocenters. The molecule has 1 aromatic rings. The van der Waals surface area contributed by atoms with Crippen molar-refractivity contribution in [3.05, 3.63) is 29.6 Å². The van der Waals surface area contributed by atoms with Crippen LogP contribution in [0.25, 0.3) is 0 Å². The maximum absolute atomic E-state index is 14.4. The Morgan fingerprint density at radius 2 is 2.26 bits per heavy atom. The van der Waals surface area contributed by atoms with Gasteiger partial charge in [0.1, 0.15) is 0 Å². The van der Waals surface area contributed by atoms with E-state index in [-0.39, 0.29) is 18.0 Å². The van der Waals surface area contributed by atoms with Crippen LogP contribution in [0.4, 0.5) is 4.39 Å². The van der Waals surface area contributed by atoms with Crippen molar-refractivity contribution in [2.45, 2.75) is 37.5 Å². The summed E-state index contributed by atoms with van der Waals surface area (Å²) in [6, 6.07) is 5.33. The maximum atomic E-state index is 14.4. The molecular formula is C15H20FNO2. The average Bonchev–Trinajstić information content (AvgIpc) is 3.04. The zero-order valence-electron chi connectivity index (χ0n) is 11.4. The molecule has 2 heterocycles. The Morgan fingerprint density at radius 1 is 1.42 bits per heavy atom. The highest BCUT2D eigenvalue weighted by Gasteiger charge is 2.45. The van der Waals surface area contributed by atoms with Gasteiger partial charge in [0.25, 0.3) is 0 Å². The number of halogens is 1. The van der Waals surface area contributed by atoms with Gasteiger partial charge in [-0.15, -0.1) is 0 Å². The number of nitrogens with one attached hydrogen (secondary N) is 1. The minimum atomic E-state index is -0.257. The van der Waals surface area contributed by atoms with E-state index in [1.54, 1.807) is 6.07 Å². The lowest BCUT2D eigenvalue weighted by Crippen LogP contribution is -2.32. The van der Waals surface area contributed by atoms with Gasteiger partial charge in [-0.3, -0.25) is 0 Å². The lowest BCUT2D eigenvalue weighted by molar-refractivity contribution is 0.0860. The highest BCUT2D eigenvalue weighted by molar-refractivity contribution is 5.33. The SMILES string of the molecule is CNC(c1cccc(OC)c1F)C1CC2CCC1O2. The van der Waals surface area contributed by atoms with Crippen molar-refractivity contribution in [2.24, 2.45) is 5.92 Å². The number of fused-ring (bicyclic) bond motifs is 2. The van der Waals surface area contributed by atoms with Gasteiger partial charge in [0.15, 0.2) is 11.6 Å². The summed E-state index contributed by atoms with van der Waals surface area (Å²) in [6.07, 6.45) is 3.91. The normalized spacial score (nSPS) is 30.6. The van der Waals surface area contributed by atoms with Gasteiger partial charge in [-0.2, -0.15) is 0 Å². The summed E-state index contributed by atoms with van der Waals surface area (Å²) in [6.45, 7) is 0. The Labute approximate surface area is 113 Å². The second kappa shape index (κ2) is 5.10. The minimum absolute atomic E-state index is 0.00889. The summed E-state index contributed by atoms with van der Waals surface area (Å²) >= 11 is 0. The lowest BCUT2D eigenvalue weighted by Gasteiger charge is -2.29. The molecule has 0 spiro atoms. The highest BCUT2D eigenvalue weighted by Crippen LogP contribution is 2.45. The van der Waals surface area contributed by atoms with Crippen molar-refractivity contribution in [3.63, 3.8) is 0 Å². The number of hydrogen-bond acceptors (Lipinski definition) is 3. The second-order valence-corrected chi connectivity index (χ2v) is 5.40. The number of methoxy groups -OCH3 is 1. The number of rotatable bonds is 4. The van der Waals surface area contributed by atoms with Crippen molar-refractivity contribution in [3.8, 4) is 5.75 Å². The van der Waals surface area contributed by atoms with E-state index in [9.17, 15) is 4.39 Å². The molecule has 0 amide bonds. The predicted molar refractivity (Wildman–Crippen MR) is 70.8 cm³/mol. The summed E-state index contributed by atoms with van der Waals surface area (Å²) in [5.74, 6) is 0.402. The Balaban J connectivity index is 1.90. The first-order valence-electron chi connectivity index (χ1n) is 6.89. The molecule has 2 saturated heterocycles. The van der Waals surface area contributed by atoms with E-state index in [1.165, 1.54) is 7.11 Å². The second-order valence-electron chi connectivity index (χ2n) is 5.40. The van der Waals surface area contributed by atoms with Gasteiger partial charge >= 0.3 is 0 Å². The van der Waals surface area contributed by atoms with Crippen LogP contribution in [0.2, 0.25) is 0 Å². The van der Waals surface area contributed by atoms with Gasteiger partial charge in [0.2, 0.25) is 0 Å². The van der Waals surface area contributed by atoms with Crippen LogP contribution < -0.4 is 10.1 Å². The van der Waals surface area contributed by atoms with E-state index >= 15 is 0 Å². The van der Waals surface area contributed by atoms with Crippen LogP contribution in [0.5, 0.6) is 5.75 Å². The molecule has 0 aromatic heterocycles. The summed E-state index contributed by atoms with van der Waals surface area (Å²) in [4.78, 5) is 0. The minimum Gasteiger partial charge on any atom is -0.494 e. The van der Waals surface area contributed by atoms with Crippen LogP contribution in [0.3, 0.4) is 0 Å². The van der Waals surface area contributed by atoms with Crippen molar-refractivity contribution in [1.82, 2.24) is 5.32 Å². The first-order valence-corrected chi connectivity index (χ1v) is 6.89. The van der Waals surface area contributed by atoms with Gasteiger partial charge in [-0.1, -0.05) is 12.1 Å². The van der Waals surface area contributed by atoms with Crippen molar-refractivity contribution in [1.29, 1.82) is 0 Å². The van der Waals surface area contributed by atoms with Crippen LogP contribution in [-0.4, -0.2) is 26.4 Å². The highest BCUT2D eigenvalue weighted by atomic mass is 19.1. The summed E-state index contributed by atoms with van der Waals surface area (Å²) < 4.78 is 25.4. The Hall–Kier alpha value is -1.13. The summed E-state index contributed by atoms with van der Waals surface area (Å²) in [5, 5.41) is 3.26. The van der Waals surface area contributed by atoms with E-state index in [4.69, 9.17) is 9.47 Å². The van der Waals surface area contributed by atoms with Gasteiger partial charge < -0.3 is 14.8 Å². The van der Waals surface area contributed by atoms with Crippen molar-refractivity contribution < 1.29 is 13.9 Å². The molecule has 4 heteroatoms. The molecule has 0 aliphatic carbocycles. The third kappa shape index (κ3) is 2.13.